The van der Waals surface area contributed by atoms with Gasteiger partial charge in [-0.25, -0.2) is 0 Å². The van der Waals surface area contributed by atoms with Crippen molar-refractivity contribution in [2.24, 2.45) is 5.92 Å². The summed E-state index contributed by atoms with van der Waals surface area (Å²) in [6.07, 6.45) is 1.39. The molecule has 0 spiro atoms. The number of carbonyl (C=O) groups is 2. The van der Waals surface area contributed by atoms with Gasteiger partial charge in [0.05, 0.1) is 0 Å². The summed E-state index contributed by atoms with van der Waals surface area (Å²) >= 11 is 0. The predicted octanol–water partition coefficient (Wildman–Crippen LogP) is 0.693. The molecular formula is C8H10O3. The number of Topliss-reactive ketones (excluding diaryl/α,β-unsaturated/α-hetero) is 1. The highest BCUT2D eigenvalue weighted by Crippen LogP contribution is 2.19. The zero-order valence-corrected chi connectivity index (χ0v) is 6.37. The summed E-state index contributed by atoms with van der Waals surface area (Å²) in [6, 6.07) is 0. The first-order valence-corrected chi connectivity index (χ1v) is 3.52. The van der Waals surface area contributed by atoms with Crippen LogP contribution in [0.3, 0.4) is 0 Å². The van der Waals surface area contributed by atoms with Crippen LogP contribution in [0.1, 0.15) is 13.3 Å². The second-order valence-electron chi connectivity index (χ2n) is 2.56. The van der Waals surface area contributed by atoms with Gasteiger partial charge in [-0.3, -0.25) is 9.59 Å². The van der Waals surface area contributed by atoms with Crippen molar-refractivity contribution in [1.29, 1.82) is 0 Å². The molecule has 0 amide bonds. The molecule has 0 aromatic rings. The van der Waals surface area contributed by atoms with Crippen molar-refractivity contribution in [2.45, 2.75) is 19.4 Å². The summed E-state index contributed by atoms with van der Waals surface area (Å²) in [5.74, 6) is -1.14. The number of cyclic esters (lactones) is 1. The molecule has 3 heteroatoms. The first-order chi connectivity index (χ1) is 5.16. The maximum Gasteiger partial charge on any atom is 0.317 e. The Hall–Kier alpha value is -1.12. The van der Waals surface area contributed by atoms with Crippen molar-refractivity contribution >= 4 is 11.8 Å². The Morgan fingerprint density at radius 1 is 1.64 bits per heavy atom. The van der Waals surface area contributed by atoms with Gasteiger partial charge in [-0.2, -0.15) is 0 Å². The normalized spacial score (nSPS) is 30.3. The van der Waals surface area contributed by atoms with Gasteiger partial charge in [0.15, 0.2) is 11.9 Å². The van der Waals surface area contributed by atoms with Crippen LogP contribution in [-0.4, -0.2) is 17.9 Å². The summed E-state index contributed by atoms with van der Waals surface area (Å²) in [7, 11) is 0. The maximum atomic E-state index is 11.1. The Morgan fingerprint density at radius 3 is 2.64 bits per heavy atom. The smallest absolute Gasteiger partial charge is 0.317 e. The van der Waals surface area contributed by atoms with Gasteiger partial charge >= 0.3 is 5.97 Å². The highest BCUT2D eigenvalue weighted by atomic mass is 16.6. The zero-order chi connectivity index (χ0) is 8.43. The summed E-state index contributed by atoms with van der Waals surface area (Å²) in [4.78, 5) is 22.0. The molecule has 11 heavy (non-hydrogen) atoms. The van der Waals surface area contributed by atoms with Crippen molar-refractivity contribution in [3.63, 3.8) is 0 Å². The number of hydrogen-bond donors (Lipinski definition) is 0. The lowest BCUT2D eigenvalue weighted by atomic mass is 10.0. The van der Waals surface area contributed by atoms with Gasteiger partial charge in [0, 0.05) is 0 Å². The molecule has 0 aromatic heterocycles. The van der Waals surface area contributed by atoms with Gasteiger partial charge in [0.1, 0.15) is 5.92 Å². The number of ether oxygens (including phenoxy) is 1. The lowest BCUT2D eigenvalue weighted by Crippen LogP contribution is -2.17. The minimum absolute atomic E-state index is 0.130. The monoisotopic (exact) mass is 154 g/mol. The third-order valence-electron chi connectivity index (χ3n) is 1.72. The standard InChI is InChI=1S/C8H10O3/c1-3-4-6-7(9)5(2)11-8(6)10/h3,5-6H,1,4H2,2H3/t5-,6-/m1/s1. The van der Waals surface area contributed by atoms with Crippen LogP contribution in [0.4, 0.5) is 0 Å². The molecule has 1 heterocycles. The number of esters is 1. The van der Waals surface area contributed by atoms with Crippen LogP contribution >= 0.6 is 0 Å². The molecule has 0 saturated carbocycles. The minimum atomic E-state index is -0.595. The predicted molar refractivity (Wildman–Crippen MR) is 38.9 cm³/mol. The summed E-state index contributed by atoms with van der Waals surface area (Å²) in [5, 5.41) is 0. The van der Waals surface area contributed by atoms with E-state index in [-0.39, 0.29) is 5.78 Å². The van der Waals surface area contributed by atoms with Gasteiger partial charge in [0.25, 0.3) is 0 Å². The topological polar surface area (TPSA) is 43.4 Å². The first kappa shape index (κ1) is 7.98. The zero-order valence-electron chi connectivity index (χ0n) is 6.37. The lowest BCUT2D eigenvalue weighted by molar-refractivity contribution is -0.143. The molecule has 0 aromatic carbocycles. The minimum Gasteiger partial charge on any atom is -0.454 e. The molecule has 1 saturated heterocycles. The van der Waals surface area contributed by atoms with Gasteiger partial charge in [0.2, 0.25) is 0 Å². The van der Waals surface area contributed by atoms with Crippen LogP contribution in [0.2, 0.25) is 0 Å². The summed E-state index contributed by atoms with van der Waals surface area (Å²) < 4.78 is 4.70. The van der Waals surface area contributed by atoms with E-state index >= 15 is 0 Å². The van der Waals surface area contributed by atoms with Crippen molar-refractivity contribution in [1.82, 2.24) is 0 Å². The number of ketones is 1. The highest BCUT2D eigenvalue weighted by molar-refractivity contribution is 6.06. The molecular weight excluding hydrogens is 144 g/mol. The van der Waals surface area contributed by atoms with Crippen molar-refractivity contribution < 1.29 is 14.3 Å². The molecule has 0 bridgehead atoms. The molecule has 0 radical (unpaired) electrons. The van der Waals surface area contributed by atoms with E-state index < -0.39 is 18.0 Å². The van der Waals surface area contributed by atoms with Crippen LogP contribution in [0.5, 0.6) is 0 Å². The third kappa shape index (κ3) is 1.31. The van der Waals surface area contributed by atoms with E-state index in [0.29, 0.717) is 6.42 Å². The van der Waals surface area contributed by atoms with Gasteiger partial charge in [-0.05, 0) is 13.3 Å². The van der Waals surface area contributed by atoms with Crippen LogP contribution in [0, 0.1) is 5.92 Å². The molecule has 0 aliphatic carbocycles. The van der Waals surface area contributed by atoms with Crippen LogP contribution in [-0.2, 0) is 14.3 Å². The quantitative estimate of drug-likeness (QED) is 0.334. The number of hydrogen-bond acceptors (Lipinski definition) is 3. The fourth-order valence-electron chi connectivity index (χ4n) is 1.09. The van der Waals surface area contributed by atoms with E-state index in [1.54, 1.807) is 13.0 Å². The number of allylic oxidation sites excluding steroid dienone is 1. The van der Waals surface area contributed by atoms with Gasteiger partial charge in [-0.1, -0.05) is 6.08 Å². The maximum absolute atomic E-state index is 11.1. The largest absolute Gasteiger partial charge is 0.454 e. The van der Waals surface area contributed by atoms with Gasteiger partial charge in [-0.15, -0.1) is 6.58 Å². The van der Waals surface area contributed by atoms with E-state index in [2.05, 4.69) is 6.58 Å². The van der Waals surface area contributed by atoms with Crippen LogP contribution in [0.15, 0.2) is 12.7 Å². The van der Waals surface area contributed by atoms with Crippen molar-refractivity contribution in [2.75, 3.05) is 0 Å². The van der Waals surface area contributed by atoms with E-state index in [4.69, 9.17) is 4.74 Å². The molecule has 60 valence electrons. The molecule has 2 atom stereocenters. The van der Waals surface area contributed by atoms with Crippen LogP contribution in [0.25, 0.3) is 0 Å². The SMILES string of the molecule is C=CC[C@H]1C(=O)O[C@H](C)C1=O. The molecule has 1 rings (SSSR count). The van der Waals surface area contributed by atoms with E-state index in [1.165, 1.54) is 0 Å². The Morgan fingerprint density at radius 2 is 2.27 bits per heavy atom. The highest BCUT2D eigenvalue weighted by Gasteiger charge is 2.39. The summed E-state index contributed by atoms with van der Waals surface area (Å²) in [6.45, 7) is 5.04. The molecule has 3 nitrogen and oxygen atoms in total. The van der Waals surface area contributed by atoms with Crippen molar-refractivity contribution in [3.05, 3.63) is 12.7 Å². The third-order valence-corrected chi connectivity index (χ3v) is 1.72. The van der Waals surface area contributed by atoms with Crippen LogP contribution < -0.4 is 0 Å². The number of carbonyl (C=O) groups excluding carboxylic acids is 2. The molecule has 1 aliphatic rings. The fraction of sp³-hybridized carbons (Fsp3) is 0.500. The Kier molecular flexibility index (Phi) is 2.08. The van der Waals surface area contributed by atoms with Gasteiger partial charge < -0.3 is 4.74 Å². The summed E-state index contributed by atoms with van der Waals surface area (Å²) in [5.41, 5.74) is 0. The Labute approximate surface area is 65.0 Å². The molecule has 1 aliphatic heterocycles. The Balaban J connectivity index is 2.71. The average Bonchev–Trinajstić information content (AvgIpc) is 2.17. The van der Waals surface area contributed by atoms with Crippen molar-refractivity contribution in [3.8, 4) is 0 Å². The lowest BCUT2D eigenvalue weighted by Gasteiger charge is -1.96. The molecule has 0 N–H and O–H groups in total. The molecule has 0 unspecified atom stereocenters. The van der Waals surface area contributed by atoms with E-state index in [0.717, 1.165) is 0 Å². The second-order valence-corrected chi connectivity index (χ2v) is 2.56. The fourth-order valence-corrected chi connectivity index (χ4v) is 1.09. The molecule has 1 fully saturated rings. The van der Waals surface area contributed by atoms with E-state index in [9.17, 15) is 9.59 Å². The first-order valence-electron chi connectivity index (χ1n) is 3.52. The average molecular weight is 154 g/mol. The second kappa shape index (κ2) is 2.86. The van der Waals surface area contributed by atoms with E-state index in [1.807, 2.05) is 0 Å². The number of rotatable bonds is 2. The Bertz CT molecular complexity index is 207.